The first-order chi connectivity index (χ1) is 14.6. The van der Waals surface area contributed by atoms with E-state index in [1.54, 1.807) is 4.68 Å². The summed E-state index contributed by atoms with van der Waals surface area (Å²) < 4.78 is 1.73. The fraction of sp³-hybridized carbons (Fsp3) is 0.182. The molecule has 2 heterocycles. The Morgan fingerprint density at radius 2 is 1.73 bits per heavy atom. The number of fused-ring (bicyclic) bond motifs is 1. The van der Waals surface area contributed by atoms with Gasteiger partial charge in [-0.1, -0.05) is 60.7 Å². The van der Waals surface area contributed by atoms with Crippen LogP contribution in [0, 0.1) is 0 Å². The van der Waals surface area contributed by atoms with E-state index in [0.29, 0.717) is 5.95 Å². The third-order valence-electron chi connectivity index (χ3n) is 4.74. The van der Waals surface area contributed by atoms with E-state index >= 15 is 0 Å². The summed E-state index contributed by atoms with van der Waals surface area (Å²) in [6.45, 7) is 0. The fourth-order valence-electron chi connectivity index (χ4n) is 3.31. The SMILES string of the molecule is O=C(O)CCCC(=O)Nc1nc2n(n1)C(c1ccccc1)C=C(c1ccccc1)N2. The number of hydrogen-bond donors (Lipinski definition) is 3. The summed E-state index contributed by atoms with van der Waals surface area (Å²) >= 11 is 0. The molecule has 2 aromatic carbocycles. The Bertz CT molecular complexity index is 1080. The van der Waals surface area contributed by atoms with Gasteiger partial charge in [-0.15, -0.1) is 5.10 Å². The standard InChI is InChI=1S/C22H21N5O3/c28-19(12-7-13-20(29)30)24-21-25-22-23-17(15-8-3-1-4-9-15)14-18(27(22)26-21)16-10-5-2-6-11-16/h1-6,8-11,14,18H,7,12-13H2,(H,29,30)(H2,23,24,25,26,28). The third kappa shape index (κ3) is 4.38. The highest BCUT2D eigenvalue weighted by atomic mass is 16.4. The number of nitrogens with one attached hydrogen (secondary N) is 2. The number of carboxylic acids is 1. The molecule has 0 bridgehead atoms. The molecule has 1 aliphatic rings. The van der Waals surface area contributed by atoms with E-state index in [0.717, 1.165) is 16.8 Å². The van der Waals surface area contributed by atoms with Crippen molar-refractivity contribution >= 4 is 29.5 Å². The summed E-state index contributed by atoms with van der Waals surface area (Å²) in [5, 5.41) is 19.1. The summed E-state index contributed by atoms with van der Waals surface area (Å²) in [5.41, 5.74) is 2.97. The van der Waals surface area contributed by atoms with E-state index in [1.807, 2.05) is 60.7 Å². The fourth-order valence-corrected chi connectivity index (χ4v) is 3.31. The number of carbonyl (C=O) groups excluding carboxylic acids is 1. The van der Waals surface area contributed by atoms with Crippen LogP contribution in [0.2, 0.25) is 0 Å². The van der Waals surface area contributed by atoms with Gasteiger partial charge in [0.2, 0.25) is 11.9 Å². The zero-order chi connectivity index (χ0) is 20.9. The van der Waals surface area contributed by atoms with Gasteiger partial charge < -0.3 is 10.4 Å². The Hall–Kier alpha value is -3.94. The molecule has 0 saturated carbocycles. The zero-order valence-corrected chi connectivity index (χ0v) is 16.2. The molecule has 8 nitrogen and oxygen atoms in total. The second-order valence-electron chi connectivity index (χ2n) is 6.93. The maximum absolute atomic E-state index is 12.1. The second-order valence-corrected chi connectivity index (χ2v) is 6.93. The number of benzene rings is 2. The van der Waals surface area contributed by atoms with Crippen LogP contribution in [0.15, 0.2) is 66.7 Å². The first kappa shape index (κ1) is 19.4. The maximum atomic E-state index is 12.1. The van der Waals surface area contributed by atoms with Gasteiger partial charge in [-0.2, -0.15) is 4.98 Å². The van der Waals surface area contributed by atoms with Gasteiger partial charge in [0.25, 0.3) is 5.95 Å². The number of hydrogen-bond acceptors (Lipinski definition) is 5. The molecular weight excluding hydrogens is 382 g/mol. The van der Waals surface area contributed by atoms with Gasteiger partial charge in [0, 0.05) is 18.5 Å². The molecule has 0 fully saturated rings. The average Bonchev–Trinajstić information content (AvgIpc) is 3.16. The Labute approximate surface area is 173 Å². The van der Waals surface area contributed by atoms with Crippen molar-refractivity contribution in [2.45, 2.75) is 25.3 Å². The van der Waals surface area contributed by atoms with Crippen molar-refractivity contribution in [2.24, 2.45) is 0 Å². The third-order valence-corrected chi connectivity index (χ3v) is 4.74. The zero-order valence-electron chi connectivity index (χ0n) is 16.2. The molecule has 0 radical (unpaired) electrons. The minimum Gasteiger partial charge on any atom is -0.481 e. The monoisotopic (exact) mass is 403 g/mol. The van der Waals surface area contributed by atoms with Gasteiger partial charge in [0.15, 0.2) is 0 Å². The number of carboxylic acid groups (broad SMARTS) is 1. The normalized spacial score (nSPS) is 14.9. The largest absolute Gasteiger partial charge is 0.481 e. The lowest BCUT2D eigenvalue weighted by molar-refractivity contribution is -0.137. The Morgan fingerprint density at radius 3 is 2.43 bits per heavy atom. The van der Waals surface area contributed by atoms with Gasteiger partial charge in [0.05, 0.1) is 0 Å². The molecule has 1 amide bonds. The molecule has 0 aliphatic carbocycles. The van der Waals surface area contributed by atoms with Gasteiger partial charge in [-0.05, 0) is 23.6 Å². The molecule has 30 heavy (non-hydrogen) atoms. The number of anilines is 2. The predicted molar refractivity (Wildman–Crippen MR) is 113 cm³/mol. The number of aliphatic carboxylic acids is 1. The first-order valence-corrected chi connectivity index (χ1v) is 9.67. The lowest BCUT2D eigenvalue weighted by atomic mass is 10.0. The molecule has 1 atom stereocenters. The van der Waals surface area contributed by atoms with E-state index in [2.05, 4.69) is 26.8 Å². The van der Waals surface area contributed by atoms with Crippen molar-refractivity contribution in [1.82, 2.24) is 14.8 Å². The maximum Gasteiger partial charge on any atom is 0.303 e. The lowest BCUT2D eigenvalue weighted by Crippen LogP contribution is -2.20. The number of rotatable bonds is 7. The predicted octanol–water partition coefficient (Wildman–Crippen LogP) is 3.53. The molecule has 1 unspecified atom stereocenters. The molecule has 4 rings (SSSR count). The highest BCUT2D eigenvalue weighted by Crippen LogP contribution is 2.33. The second kappa shape index (κ2) is 8.60. The van der Waals surface area contributed by atoms with Crippen LogP contribution < -0.4 is 10.6 Å². The summed E-state index contributed by atoms with van der Waals surface area (Å²) in [6, 6.07) is 19.7. The quantitative estimate of drug-likeness (QED) is 0.557. The molecule has 3 aromatic rings. The van der Waals surface area contributed by atoms with Crippen molar-refractivity contribution < 1.29 is 14.7 Å². The van der Waals surface area contributed by atoms with Crippen molar-refractivity contribution in [3.05, 3.63) is 77.9 Å². The Balaban J connectivity index is 1.60. The van der Waals surface area contributed by atoms with Gasteiger partial charge in [-0.3, -0.25) is 14.9 Å². The van der Waals surface area contributed by atoms with Crippen molar-refractivity contribution in [3.8, 4) is 0 Å². The number of aromatic nitrogens is 3. The molecule has 1 aromatic heterocycles. The lowest BCUT2D eigenvalue weighted by Gasteiger charge is -2.24. The van der Waals surface area contributed by atoms with E-state index in [1.165, 1.54) is 0 Å². The van der Waals surface area contributed by atoms with Crippen LogP contribution in [0.5, 0.6) is 0 Å². The van der Waals surface area contributed by atoms with Crippen LogP contribution in [0.4, 0.5) is 11.9 Å². The summed E-state index contributed by atoms with van der Waals surface area (Å²) in [6.07, 6.45) is 2.38. The molecular formula is C22H21N5O3. The topological polar surface area (TPSA) is 109 Å². The summed E-state index contributed by atoms with van der Waals surface area (Å²) in [5.74, 6) is -0.535. The van der Waals surface area contributed by atoms with E-state index in [-0.39, 0.29) is 37.2 Å². The first-order valence-electron chi connectivity index (χ1n) is 9.67. The smallest absolute Gasteiger partial charge is 0.303 e. The van der Waals surface area contributed by atoms with Crippen LogP contribution in [-0.2, 0) is 9.59 Å². The summed E-state index contributed by atoms with van der Waals surface area (Å²) in [7, 11) is 0. The van der Waals surface area contributed by atoms with Crippen molar-refractivity contribution in [3.63, 3.8) is 0 Å². The summed E-state index contributed by atoms with van der Waals surface area (Å²) in [4.78, 5) is 27.2. The molecule has 0 spiro atoms. The van der Waals surface area contributed by atoms with Crippen LogP contribution in [0.1, 0.15) is 36.4 Å². The van der Waals surface area contributed by atoms with Gasteiger partial charge in [0.1, 0.15) is 6.04 Å². The molecule has 8 heteroatoms. The molecule has 3 N–H and O–H groups in total. The van der Waals surface area contributed by atoms with Crippen molar-refractivity contribution in [1.29, 1.82) is 0 Å². The van der Waals surface area contributed by atoms with E-state index < -0.39 is 5.97 Å². The molecule has 0 saturated heterocycles. The van der Waals surface area contributed by atoms with Gasteiger partial charge in [-0.25, -0.2) is 4.68 Å². The Morgan fingerprint density at radius 1 is 1.03 bits per heavy atom. The molecule has 1 aliphatic heterocycles. The minimum absolute atomic E-state index is 0.0530. The van der Waals surface area contributed by atoms with Crippen LogP contribution >= 0.6 is 0 Å². The number of amides is 1. The number of carbonyl (C=O) groups is 2. The van der Waals surface area contributed by atoms with Crippen molar-refractivity contribution in [2.75, 3.05) is 10.6 Å². The van der Waals surface area contributed by atoms with Gasteiger partial charge >= 0.3 is 5.97 Å². The Kier molecular flexibility index (Phi) is 5.56. The minimum atomic E-state index is -0.923. The number of nitrogens with zero attached hydrogens (tertiary/aromatic N) is 3. The highest BCUT2D eigenvalue weighted by Gasteiger charge is 2.25. The van der Waals surface area contributed by atoms with Crippen LogP contribution in [-0.4, -0.2) is 31.7 Å². The number of allylic oxidation sites excluding steroid dienone is 1. The highest BCUT2D eigenvalue weighted by molar-refractivity contribution is 5.89. The van der Waals surface area contributed by atoms with Crippen LogP contribution in [0.3, 0.4) is 0 Å². The van der Waals surface area contributed by atoms with Crippen LogP contribution in [0.25, 0.3) is 5.70 Å². The van der Waals surface area contributed by atoms with E-state index in [9.17, 15) is 9.59 Å². The molecule has 152 valence electrons. The van der Waals surface area contributed by atoms with E-state index in [4.69, 9.17) is 5.11 Å². The average molecular weight is 403 g/mol.